The maximum absolute atomic E-state index is 14.3. The van der Waals surface area contributed by atoms with Crippen molar-refractivity contribution in [1.29, 1.82) is 0 Å². The van der Waals surface area contributed by atoms with Gasteiger partial charge in [-0.2, -0.15) is 0 Å². The zero-order chi connectivity index (χ0) is 36.1. The molecule has 2 aromatic rings. The van der Waals surface area contributed by atoms with Gasteiger partial charge in [-0.05, 0) is 73.6 Å². The molecule has 0 saturated carbocycles. The fourth-order valence-electron chi connectivity index (χ4n) is 6.57. The molecule has 0 aromatic heterocycles. The van der Waals surface area contributed by atoms with Crippen LogP contribution in [0.25, 0.3) is 11.1 Å². The van der Waals surface area contributed by atoms with Crippen LogP contribution < -0.4 is 0 Å². The Morgan fingerprint density at radius 3 is 1.56 bits per heavy atom. The zero-order valence-electron chi connectivity index (χ0n) is 31.1. The van der Waals surface area contributed by atoms with Gasteiger partial charge in [0.25, 0.3) is 0 Å². The number of fused-ring (bicyclic) bond motifs is 3. The van der Waals surface area contributed by atoms with Crippen LogP contribution in [0, 0.1) is 17.8 Å². The van der Waals surface area contributed by atoms with E-state index in [0.717, 1.165) is 22.3 Å². The molecule has 0 radical (unpaired) electrons. The number of amides is 3. The molecule has 48 heavy (non-hydrogen) atoms. The number of rotatable bonds is 13. The van der Waals surface area contributed by atoms with Gasteiger partial charge in [0.05, 0.1) is 0 Å². The van der Waals surface area contributed by atoms with Gasteiger partial charge in [0.15, 0.2) is 0 Å². The normalized spacial score (nSPS) is 14.6. The van der Waals surface area contributed by atoms with Crippen molar-refractivity contribution in [3.05, 3.63) is 59.7 Å². The third kappa shape index (κ3) is 9.17. The average Bonchev–Trinajstić information content (AvgIpc) is 3.32. The highest BCUT2D eigenvalue weighted by Crippen LogP contribution is 2.44. The highest BCUT2D eigenvalue weighted by molar-refractivity contribution is 5.93. The molecule has 9 heteroatoms. The molecule has 0 aliphatic heterocycles. The first kappa shape index (κ1) is 38.6. The average molecular weight is 664 g/mol. The number of nitrogens with zero attached hydrogens (tertiary/aromatic N) is 3. The van der Waals surface area contributed by atoms with Gasteiger partial charge < -0.3 is 19.3 Å². The van der Waals surface area contributed by atoms with Crippen molar-refractivity contribution >= 4 is 23.9 Å². The molecule has 3 rings (SSSR count). The number of hydrogen-bond acceptors (Lipinski definition) is 6. The Labute approximate surface area is 287 Å². The molecule has 0 heterocycles. The van der Waals surface area contributed by atoms with Crippen LogP contribution in [0.15, 0.2) is 48.5 Å². The molecule has 1 aliphatic carbocycles. The third-order valence-electron chi connectivity index (χ3n) is 8.91. The van der Waals surface area contributed by atoms with E-state index in [4.69, 9.17) is 9.47 Å². The minimum absolute atomic E-state index is 0.0741. The summed E-state index contributed by atoms with van der Waals surface area (Å²) < 4.78 is 11.6. The molecule has 0 saturated heterocycles. The van der Waals surface area contributed by atoms with E-state index in [2.05, 4.69) is 24.3 Å². The molecule has 0 spiro atoms. The monoisotopic (exact) mass is 663 g/mol. The van der Waals surface area contributed by atoms with Gasteiger partial charge in [-0.3, -0.25) is 14.5 Å². The smallest absolute Gasteiger partial charge is 0.410 e. The van der Waals surface area contributed by atoms with Gasteiger partial charge in [0.2, 0.25) is 11.8 Å². The van der Waals surface area contributed by atoms with Gasteiger partial charge in [0.1, 0.15) is 30.3 Å². The van der Waals surface area contributed by atoms with E-state index < -0.39 is 35.8 Å². The summed E-state index contributed by atoms with van der Waals surface area (Å²) in [7, 11) is 4.79. The van der Waals surface area contributed by atoms with Crippen LogP contribution in [0.3, 0.4) is 0 Å². The summed E-state index contributed by atoms with van der Waals surface area (Å²) in [6, 6.07) is 13.7. The fraction of sp³-hybridized carbons (Fsp3) is 0.590. The first-order valence-corrected chi connectivity index (χ1v) is 17.2. The molecule has 1 aliphatic rings. The van der Waals surface area contributed by atoms with Crippen LogP contribution in [0.2, 0.25) is 0 Å². The Balaban J connectivity index is 1.83. The zero-order valence-corrected chi connectivity index (χ0v) is 31.1. The Kier molecular flexibility index (Phi) is 12.9. The molecule has 264 valence electrons. The fourth-order valence-corrected chi connectivity index (χ4v) is 6.57. The Hall–Kier alpha value is -3.88. The molecule has 3 atom stereocenters. The quantitative estimate of drug-likeness (QED) is 0.215. The molecule has 3 amide bonds. The highest BCUT2D eigenvalue weighted by Gasteiger charge is 2.41. The summed E-state index contributed by atoms with van der Waals surface area (Å²) >= 11 is 0. The van der Waals surface area contributed by atoms with Gasteiger partial charge >= 0.3 is 12.1 Å². The summed E-state index contributed by atoms with van der Waals surface area (Å²) in [6.07, 6.45) is 0.167. The lowest BCUT2D eigenvalue weighted by atomic mass is 9.96. The third-order valence-corrected chi connectivity index (χ3v) is 8.91. The molecule has 0 unspecified atom stereocenters. The van der Waals surface area contributed by atoms with Crippen LogP contribution in [-0.4, -0.2) is 90.1 Å². The summed E-state index contributed by atoms with van der Waals surface area (Å²) in [4.78, 5) is 59.5. The van der Waals surface area contributed by atoms with E-state index in [0.29, 0.717) is 12.8 Å². The van der Waals surface area contributed by atoms with Crippen molar-refractivity contribution in [2.75, 3.05) is 27.7 Å². The molecule has 2 aromatic carbocycles. The topological polar surface area (TPSA) is 96.5 Å². The van der Waals surface area contributed by atoms with Gasteiger partial charge in [-0.25, -0.2) is 9.59 Å². The second-order valence-electron chi connectivity index (χ2n) is 15.3. The molecule has 0 fully saturated rings. The van der Waals surface area contributed by atoms with Gasteiger partial charge in [0, 0.05) is 27.1 Å². The second-order valence-corrected chi connectivity index (χ2v) is 15.3. The lowest BCUT2D eigenvalue weighted by Gasteiger charge is -2.39. The number of benzene rings is 2. The van der Waals surface area contributed by atoms with E-state index in [-0.39, 0.29) is 42.1 Å². The highest BCUT2D eigenvalue weighted by atomic mass is 16.6. The number of carbonyl (C=O) groups is 4. The number of esters is 1. The van der Waals surface area contributed by atoms with Crippen LogP contribution in [0.1, 0.15) is 92.2 Å². The van der Waals surface area contributed by atoms with E-state index in [9.17, 15) is 19.2 Å². The van der Waals surface area contributed by atoms with Crippen molar-refractivity contribution < 1.29 is 28.7 Å². The largest absolute Gasteiger partial charge is 0.458 e. The summed E-state index contributed by atoms with van der Waals surface area (Å²) in [5, 5.41) is 0. The molecule has 0 N–H and O–H groups in total. The minimum atomic E-state index is -0.856. The number of hydrogen-bond donors (Lipinski definition) is 0. The summed E-state index contributed by atoms with van der Waals surface area (Å²) in [5.41, 5.74) is 3.76. The maximum Gasteiger partial charge on any atom is 0.410 e. The maximum atomic E-state index is 14.3. The van der Waals surface area contributed by atoms with E-state index >= 15 is 0 Å². The Bertz CT molecular complexity index is 1400. The van der Waals surface area contributed by atoms with Crippen molar-refractivity contribution in [3.63, 3.8) is 0 Å². The van der Waals surface area contributed by atoms with E-state index in [1.165, 1.54) is 14.7 Å². The lowest BCUT2D eigenvalue weighted by Crippen LogP contribution is -2.58. The molecule has 9 nitrogen and oxygen atoms in total. The van der Waals surface area contributed by atoms with Crippen LogP contribution in [0.4, 0.5) is 4.79 Å². The Morgan fingerprint density at radius 2 is 1.12 bits per heavy atom. The van der Waals surface area contributed by atoms with Crippen molar-refractivity contribution in [2.45, 2.75) is 105 Å². The van der Waals surface area contributed by atoms with E-state index in [1.54, 1.807) is 41.9 Å². The molecular formula is C39H57N3O6. The molecule has 0 bridgehead atoms. The van der Waals surface area contributed by atoms with E-state index in [1.807, 2.05) is 65.8 Å². The number of likely N-dealkylation sites (N-methyl/N-ethyl adjacent to an activating group) is 3. The van der Waals surface area contributed by atoms with Crippen molar-refractivity contribution in [1.82, 2.24) is 14.7 Å². The predicted octanol–water partition coefficient (Wildman–Crippen LogP) is 6.98. The predicted molar refractivity (Wildman–Crippen MR) is 189 cm³/mol. The SMILES string of the molecule is CC(C)C[C@@H](C(=O)N(C)[C@@H](CC(C)C)C(=O)N(C)[C@H](C(=O)OC(C)(C)C)C(C)C)N(C)C(=O)OCC1c2ccccc2-c2ccccc21. The first-order valence-electron chi connectivity index (χ1n) is 17.2. The number of ether oxygens (including phenoxy) is 2. The summed E-state index contributed by atoms with van der Waals surface area (Å²) in [6.45, 7) is 17.2. The standard InChI is InChI=1S/C39H57N3O6/c1-24(2)21-32(36(44)42(12)34(26(5)6)37(45)48-39(7,8)9)40(10)35(43)33(22-25(3)4)41(11)38(46)47-23-31-29-19-15-13-17-27(29)28-18-14-16-20-30(28)31/h13-20,24-26,31-34H,21-23H2,1-12H3/t32-,33-,34-/m0/s1. The van der Waals surface area contributed by atoms with Crippen LogP contribution in [-0.2, 0) is 23.9 Å². The van der Waals surface area contributed by atoms with Gasteiger partial charge in [-0.15, -0.1) is 0 Å². The Morgan fingerprint density at radius 1 is 0.688 bits per heavy atom. The second kappa shape index (κ2) is 16.0. The van der Waals surface area contributed by atoms with Crippen molar-refractivity contribution in [2.24, 2.45) is 17.8 Å². The number of carbonyl (C=O) groups excluding carboxylic acids is 4. The van der Waals surface area contributed by atoms with Crippen molar-refractivity contribution in [3.8, 4) is 11.1 Å². The van der Waals surface area contributed by atoms with Gasteiger partial charge in [-0.1, -0.05) is 90.1 Å². The summed E-state index contributed by atoms with van der Waals surface area (Å²) in [5.74, 6) is -1.37. The van der Waals surface area contributed by atoms with Crippen LogP contribution >= 0.6 is 0 Å². The lowest BCUT2D eigenvalue weighted by molar-refractivity contribution is -0.167. The first-order chi connectivity index (χ1) is 22.3. The molecular weight excluding hydrogens is 606 g/mol. The van der Waals surface area contributed by atoms with Crippen LogP contribution in [0.5, 0.6) is 0 Å². The minimum Gasteiger partial charge on any atom is -0.458 e.